The van der Waals surface area contributed by atoms with Gasteiger partial charge in [0.2, 0.25) is 0 Å². The molecule has 0 aliphatic rings. The smallest absolute Gasteiger partial charge is 0.322 e. The van der Waals surface area contributed by atoms with Gasteiger partial charge in [-0.25, -0.2) is 0 Å². The average Bonchev–Trinajstić information content (AvgIpc) is 3.25. The van der Waals surface area contributed by atoms with E-state index >= 15 is 0 Å². The number of fused-ring (bicyclic) bond motifs is 1. The van der Waals surface area contributed by atoms with Gasteiger partial charge in [-0.05, 0) is 34.1 Å². The largest absolute Gasteiger partial charge is 0.402 e. The molecule has 0 unspecified atom stereocenters. The number of benzene rings is 1. The molecule has 4 rings (SSSR count). The van der Waals surface area contributed by atoms with Crippen molar-refractivity contribution in [3.63, 3.8) is 0 Å². The minimum Gasteiger partial charge on any atom is -0.402 e. The number of anilines is 1. The van der Waals surface area contributed by atoms with Crippen molar-refractivity contribution >= 4 is 50.1 Å². The summed E-state index contributed by atoms with van der Waals surface area (Å²) in [5.41, 5.74) is 1.42. The highest BCUT2D eigenvalue weighted by atomic mass is 79.9. The van der Waals surface area contributed by atoms with Crippen molar-refractivity contribution in [2.24, 2.45) is 0 Å². The number of amides is 1. The second-order valence-electron chi connectivity index (χ2n) is 4.72. The Labute approximate surface area is 142 Å². The van der Waals surface area contributed by atoms with E-state index in [1.54, 1.807) is 6.20 Å². The van der Waals surface area contributed by atoms with Gasteiger partial charge in [0.25, 0.3) is 11.8 Å². The maximum Gasteiger partial charge on any atom is 0.322 e. The number of carbonyl (C=O) groups is 1. The minimum atomic E-state index is -0.301. The number of halogens is 1. The quantitative estimate of drug-likeness (QED) is 0.548. The summed E-state index contributed by atoms with van der Waals surface area (Å²) >= 11 is 4.86. The maximum atomic E-state index is 12.4. The monoisotopic (exact) mass is 388 g/mol. The minimum absolute atomic E-state index is 0.0693. The van der Waals surface area contributed by atoms with Crippen LogP contribution in [0.1, 0.15) is 10.4 Å². The fourth-order valence-corrected chi connectivity index (χ4v) is 3.53. The zero-order valence-electron chi connectivity index (χ0n) is 11.5. The van der Waals surface area contributed by atoms with E-state index in [-0.39, 0.29) is 11.9 Å². The van der Waals surface area contributed by atoms with Gasteiger partial charge in [0.15, 0.2) is 0 Å². The lowest BCUT2D eigenvalue weighted by atomic mass is 10.2. The molecule has 0 saturated heterocycles. The van der Waals surface area contributed by atoms with Crippen LogP contribution >= 0.6 is 27.3 Å². The molecule has 0 spiro atoms. The van der Waals surface area contributed by atoms with Gasteiger partial charge in [0, 0.05) is 17.1 Å². The van der Waals surface area contributed by atoms with Gasteiger partial charge >= 0.3 is 6.01 Å². The van der Waals surface area contributed by atoms with Crippen LogP contribution in [0.5, 0.6) is 0 Å². The van der Waals surface area contributed by atoms with Crippen LogP contribution in [0.25, 0.3) is 21.7 Å². The van der Waals surface area contributed by atoms with Crippen molar-refractivity contribution in [3.8, 4) is 10.8 Å². The van der Waals surface area contributed by atoms with Crippen molar-refractivity contribution in [2.45, 2.75) is 0 Å². The van der Waals surface area contributed by atoms with E-state index in [0.717, 1.165) is 19.6 Å². The molecular formula is C15H9BrN4O2S. The van der Waals surface area contributed by atoms with Crippen molar-refractivity contribution in [2.75, 3.05) is 5.32 Å². The molecule has 4 aromatic rings. The van der Waals surface area contributed by atoms with Gasteiger partial charge in [-0.2, -0.15) is 0 Å². The number of nitrogens with one attached hydrogen (secondary N) is 2. The molecule has 0 fully saturated rings. The average molecular weight is 389 g/mol. The predicted octanol–water partition coefficient (Wildman–Crippen LogP) is 4.29. The van der Waals surface area contributed by atoms with Gasteiger partial charge in [0.05, 0.1) is 14.2 Å². The van der Waals surface area contributed by atoms with Crippen LogP contribution in [0.15, 0.2) is 50.8 Å². The molecular weight excluding hydrogens is 380 g/mol. The summed E-state index contributed by atoms with van der Waals surface area (Å²) in [6, 6.07) is 11.4. The second kappa shape index (κ2) is 5.64. The zero-order valence-corrected chi connectivity index (χ0v) is 13.9. The molecule has 1 aromatic carbocycles. The van der Waals surface area contributed by atoms with Gasteiger partial charge in [0.1, 0.15) is 0 Å². The zero-order chi connectivity index (χ0) is 15.8. The van der Waals surface area contributed by atoms with E-state index in [2.05, 4.69) is 36.4 Å². The number of carbonyl (C=O) groups excluding carboxylic acids is 1. The number of aromatic nitrogens is 3. The van der Waals surface area contributed by atoms with Crippen LogP contribution in [0, 0.1) is 0 Å². The number of nitrogens with zero attached hydrogens (tertiary/aromatic N) is 2. The van der Waals surface area contributed by atoms with E-state index in [1.807, 2.05) is 36.4 Å². The highest BCUT2D eigenvalue weighted by Crippen LogP contribution is 2.31. The summed E-state index contributed by atoms with van der Waals surface area (Å²) in [4.78, 5) is 16.3. The lowest BCUT2D eigenvalue weighted by molar-refractivity contribution is 0.102. The third-order valence-corrected chi connectivity index (χ3v) is 4.87. The van der Waals surface area contributed by atoms with Crippen LogP contribution in [0.4, 0.5) is 6.01 Å². The van der Waals surface area contributed by atoms with Crippen LogP contribution in [-0.2, 0) is 0 Å². The van der Waals surface area contributed by atoms with E-state index < -0.39 is 0 Å². The van der Waals surface area contributed by atoms with Gasteiger partial charge < -0.3 is 9.40 Å². The molecule has 6 nitrogen and oxygen atoms in total. The van der Waals surface area contributed by atoms with Gasteiger partial charge in [-0.1, -0.05) is 23.3 Å². The molecule has 0 bridgehead atoms. The number of rotatable bonds is 3. The number of hydrogen-bond acceptors (Lipinski definition) is 5. The van der Waals surface area contributed by atoms with Crippen LogP contribution in [-0.4, -0.2) is 21.1 Å². The number of para-hydroxylation sites is 1. The van der Waals surface area contributed by atoms with Crippen molar-refractivity contribution in [1.82, 2.24) is 15.2 Å². The Hall–Kier alpha value is -2.45. The fourth-order valence-electron chi connectivity index (χ4n) is 2.23. The predicted molar refractivity (Wildman–Crippen MR) is 91.6 cm³/mol. The van der Waals surface area contributed by atoms with E-state index in [4.69, 9.17) is 4.42 Å². The first-order chi connectivity index (χ1) is 11.2. The third-order valence-electron chi connectivity index (χ3n) is 3.26. The van der Waals surface area contributed by atoms with Crippen LogP contribution in [0.3, 0.4) is 0 Å². The molecule has 0 aliphatic heterocycles. The first-order valence-corrected chi connectivity index (χ1v) is 8.28. The SMILES string of the molecule is O=C(Nc1nnc(-c2ccc(Br)s2)o1)c1c[nH]c2ccccc12. The van der Waals surface area contributed by atoms with Crippen LogP contribution < -0.4 is 5.32 Å². The molecule has 0 saturated carbocycles. The topological polar surface area (TPSA) is 83.8 Å². The summed E-state index contributed by atoms with van der Waals surface area (Å²) in [5, 5.41) is 11.3. The molecule has 23 heavy (non-hydrogen) atoms. The van der Waals surface area contributed by atoms with E-state index in [9.17, 15) is 4.79 Å². The van der Waals surface area contributed by atoms with E-state index in [0.29, 0.717) is 11.5 Å². The molecule has 1 amide bonds. The number of thiophene rings is 1. The fraction of sp³-hybridized carbons (Fsp3) is 0. The van der Waals surface area contributed by atoms with Crippen LogP contribution in [0.2, 0.25) is 0 Å². The Bertz CT molecular complexity index is 1000. The second-order valence-corrected chi connectivity index (χ2v) is 7.18. The maximum absolute atomic E-state index is 12.4. The summed E-state index contributed by atoms with van der Waals surface area (Å²) in [7, 11) is 0. The third kappa shape index (κ3) is 2.66. The summed E-state index contributed by atoms with van der Waals surface area (Å²) in [6.07, 6.45) is 1.66. The lowest BCUT2D eigenvalue weighted by Crippen LogP contribution is -2.11. The summed E-state index contributed by atoms with van der Waals surface area (Å²) < 4.78 is 6.46. The van der Waals surface area contributed by atoms with Gasteiger partial charge in [-0.3, -0.25) is 10.1 Å². The molecule has 114 valence electrons. The Kier molecular flexibility index (Phi) is 3.47. The molecule has 8 heteroatoms. The highest BCUT2D eigenvalue weighted by molar-refractivity contribution is 9.11. The number of aromatic amines is 1. The normalized spacial score (nSPS) is 11.0. The highest BCUT2D eigenvalue weighted by Gasteiger charge is 2.16. The first kappa shape index (κ1) is 14.2. The van der Waals surface area contributed by atoms with Crippen molar-refractivity contribution < 1.29 is 9.21 Å². The number of hydrogen-bond donors (Lipinski definition) is 2. The molecule has 0 atom stereocenters. The molecule has 3 aromatic heterocycles. The summed E-state index contributed by atoms with van der Waals surface area (Å²) in [5.74, 6) is 0.0694. The summed E-state index contributed by atoms with van der Waals surface area (Å²) in [6.45, 7) is 0. The molecule has 3 heterocycles. The van der Waals surface area contributed by atoms with Crippen molar-refractivity contribution in [1.29, 1.82) is 0 Å². The Balaban J connectivity index is 1.58. The Morgan fingerprint density at radius 3 is 2.91 bits per heavy atom. The Morgan fingerprint density at radius 1 is 1.22 bits per heavy atom. The lowest BCUT2D eigenvalue weighted by Gasteiger charge is -1.98. The van der Waals surface area contributed by atoms with Crippen molar-refractivity contribution in [3.05, 3.63) is 51.9 Å². The number of H-pyrrole nitrogens is 1. The van der Waals surface area contributed by atoms with E-state index in [1.165, 1.54) is 11.3 Å². The molecule has 2 N–H and O–H groups in total. The standard InChI is InChI=1S/C15H9BrN4O2S/c16-12-6-5-11(23-12)14-19-20-15(22-14)18-13(21)9-7-17-10-4-2-1-3-8(9)10/h1-7,17H,(H,18,20,21). The Morgan fingerprint density at radius 2 is 2.09 bits per heavy atom. The molecule has 0 radical (unpaired) electrons. The molecule has 0 aliphatic carbocycles. The first-order valence-electron chi connectivity index (χ1n) is 6.67. The van der Waals surface area contributed by atoms with Gasteiger partial charge in [-0.15, -0.1) is 16.4 Å².